The number of nitrogens with zero attached hydrogens (tertiary/aromatic N) is 1. The summed E-state index contributed by atoms with van der Waals surface area (Å²) < 4.78 is 10.9. The van der Waals surface area contributed by atoms with Gasteiger partial charge in [-0.05, 0) is 66.4 Å². The highest BCUT2D eigenvalue weighted by Crippen LogP contribution is 2.37. The SMILES string of the molecule is COc1ccc(N2C(=O)S/C(=C/c3ccc(-c4cc(Cl)ccc4Cl)o3)C2=O)cc1. The molecule has 0 aliphatic carbocycles. The first-order chi connectivity index (χ1) is 14.0. The molecule has 146 valence electrons. The summed E-state index contributed by atoms with van der Waals surface area (Å²) in [5.41, 5.74) is 1.12. The van der Waals surface area contributed by atoms with E-state index >= 15 is 0 Å². The van der Waals surface area contributed by atoms with Gasteiger partial charge in [0.25, 0.3) is 11.1 Å². The molecule has 0 bridgehead atoms. The first-order valence-corrected chi connectivity index (χ1v) is 10.0. The van der Waals surface area contributed by atoms with Crippen molar-refractivity contribution in [3.63, 3.8) is 0 Å². The highest BCUT2D eigenvalue weighted by Gasteiger charge is 2.36. The van der Waals surface area contributed by atoms with Gasteiger partial charge < -0.3 is 9.15 Å². The third-order valence-electron chi connectivity index (χ3n) is 4.22. The molecule has 1 aliphatic rings. The number of amides is 2. The van der Waals surface area contributed by atoms with Gasteiger partial charge in [0.15, 0.2) is 0 Å². The predicted octanol–water partition coefficient (Wildman–Crippen LogP) is 6.50. The van der Waals surface area contributed by atoms with Gasteiger partial charge in [-0.3, -0.25) is 9.59 Å². The Bertz CT molecular complexity index is 1140. The van der Waals surface area contributed by atoms with Gasteiger partial charge in [0.1, 0.15) is 17.3 Å². The summed E-state index contributed by atoms with van der Waals surface area (Å²) >= 11 is 13.1. The molecule has 8 heteroatoms. The van der Waals surface area contributed by atoms with Gasteiger partial charge in [0.05, 0.1) is 22.7 Å². The van der Waals surface area contributed by atoms with E-state index in [1.54, 1.807) is 61.7 Å². The Morgan fingerprint density at radius 2 is 1.79 bits per heavy atom. The van der Waals surface area contributed by atoms with Crippen LogP contribution in [0.1, 0.15) is 5.76 Å². The highest BCUT2D eigenvalue weighted by molar-refractivity contribution is 8.19. The Hall–Kier alpha value is -2.67. The minimum Gasteiger partial charge on any atom is -0.497 e. The molecule has 2 amide bonds. The second-order valence-electron chi connectivity index (χ2n) is 6.04. The standard InChI is InChI=1S/C21H13Cl2NO4S/c1-27-14-5-3-13(4-6-14)24-20(25)19(29-21(24)26)11-15-7-9-18(28-15)16-10-12(22)2-8-17(16)23/h2-11H,1H3/b19-11+. The van der Waals surface area contributed by atoms with Crippen LogP contribution < -0.4 is 9.64 Å². The summed E-state index contributed by atoms with van der Waals surface area (Å²) in [6, 6.07) is 15.2. The summed E-state index contributed by atoms with van der Waals surface area (Å²) in [5, 5.41) is 0.647. The van der Waals surface area contributed by atoms with Crippen LogP contribution in [0.25, 0.3) is 17.4 Å². The van der Waals surface area contributed by atoms with Gasteiger partial charge in [-0.2, -0.15) is 0 Å². The van der Waals surface area contributed by atoms with E-state index in [1.807, 2.05) is 0 Å². The van der Waals surface area contributed by atoms with E-state index in [9.17, 15) is 9.59 Å². The van der Waals surface area contributed by atoms with Crippen molar-refractivity contribution < 1.29 is 18.7 Å². The van der Waals surface area contributed by atoms with Crippen LogP contribution >= 0.6 is 35.0 Å². The lowest BCUT2D eigenvalue weighted by Gasteiger charge is -2.12. The molecule has 2 aromatic carbocycles. The number of carbonyl (C=O) groups is 2. The lowest BCUT2D eigenvalue weighted by Crippen LogP contribution is -2.27. The Kier molecular flexibility index (Phi) is 5.41. The van der Waals surface area contributed by atoms with Crippen molar-refractivity contribution >= 4 is 57.9 Å². The number of halogens is 2. The minimum atomic E-state index is -0.413. The van der Waals surface area contributed by atoms with Gasteiger partial charge >= 0.3 is 0 Å². The van der Waals surface area contributed by atoms with Crippen LogP contribution in [0.4, 0.5) is 10.5 Å². The molecule has 29 heavy (non-hydrogen) atoms. The van der Waals surface area contributed by atoms with Gasteiger partial charge in [-0.25, -0.2) is 4.90 Å². The maximum atomic E-state index is 12.8. The first-order valence-electron chi connectivity index (χ1n) is 8.43. The quantitative estimate of drug-likeness (QED) is 0.428. The summed E-state index contributed by atoms with van der Waals surface area (Å²) in [6.07, 6.45) is 1.54. The van der Waals surface area contributed by atoms with Crippen molar-refractivity contribution in [2.24, 2.45) is 0 Å². The molecule has 0 unspecified atom stereocenters. The Labute approximate surface area is 180 Å². The number of thioether (sulfide) groups is 1. The molecular formula is C21H13Cl2NO4S. The van der Waals surface area contributed by atoms with Crippen LogP contribution in [0, 0.1) is 0 Å². The van der Waals surface area contributed by atoms with Crippen LogP contribution in [0.2, 0.25) is 10.0 Å². The van der Waals surface area contributed by atoms with Gasteiger partial charge in [-0.15, -0.1) is 0 Å². The fourth-order valence-corrected chi connectivity index (χ4v) is 4.02. The Balaban J connectivity index is 1.61. The first kappa shape index (κ1) is 19.6. The molecule has 1 saturated heterocycles. The van der Waals surface area contributed by atoms with Crippen LogP contribution in [0.5, 0.6) is 5.75 Å². The number of benzene rings is 2. The third-order valence-corrected chi connectivity index (χ3v) is 5.65. The molecule has 0 N–H and O–H groups in total. The Morgan fingerprint density at radius 3 is 2.52 bits per heavy atom. The number of hydrogen-bond acceptors (Lipinski definition) is 5. The summed E-state index contributed by atoms with van der Waals surface area (Å²) in [7, 11) is 1.55. The number of ether oxygens (including phenoxy) is 1. The van der Waals surface area contributed by atoms with Crippen molar-refractivity contribution in [2.75, 3.05) is 12.0 Å². The molecule has 2 heterocycles. The molecule has 1 aromatic heterocycles. The average molecular weight is 446 g/mol. The second-order valence-corrected chi connectivity index (χ2v) is 7.88. The number of rotatable bonds is 4. The summed E-state index contributed by atoms with van der Waals surface area (Å²) in [6.45, 7) is 0. The van der Waals surface area contributed by atoms with Crippen molar-refractivity contribution in [2.45, 2.75) is 0 Å². The van der Waals surface area contributed by atoms with E-state index in [4.69, 9.17) is 32.4 Å². The number of carbonyl (C=O) groups excluding carboxylic acids is 2. The van der Waals surface area contributed by atoms with E-state index in [1.165, 1.54) is 6.08 Å². The predicted molar refractivity (Wildman–Crippen MR) is 116 cm³/mol. The van der Waals surface area contributed by atoms with Crippen molar-refractivity contribution in [1.29, 1.82) is 0 Å². The molecule has 0 radical (unpaired) electrons. The number of imide groups is 1. The van der Waals surface area contributed by atoms with Crippen LogP contribution in [-0.2, 0) is 4.79 Å². The van der Waals surface area contributed by atoms with E-state index in [2.05, 4.69) is 0 Å². The molecule has 0 spiro atoms. The van der Waals surface area contributed by atoms with Crippen LogP contribution in [0.15, 0.2) is 63.9 Å². The highest BCUT2D eigenvalue weighted by atomic mass is 35.5. The van der Waals surface area contributed by atoms with Crippen LogP contribution in [-0.4, -0.2) is 18.3 Å². The number of anilines is 1. The van der Waals surface area contributed by atoms with E-state index in [0.717, 1.165) is 16.7 Å². The largest absolute Gasteiger partial charge is 0.497 e. The molecule has 1 fully saturated rings. The number of methoxy groups -OCH3 is 1. The molecule has 1 aliphatic heterocycles. The van der Waals surface area contributed by atoms with Crippen LogP contribution in [0.3, 0.4) is 0 Å². The van der Waals surface area contributed by atoms with E-state index in [-0.39, 0.29) is 10.1 Å². The zero-order chi connectivity index (χ0) is 20.5. The van der Waals surface area contributed by atoms with E-state index < -0.39 is 5.91 Å². The zero-order valence-corrected chi connectivity index (χ0v) is 17.3. The number of furan rings is 1. The minimum absolute atomic E-state index is 0.268. The summed E-state index contributed by atoms with van der Waals surface area (Å²) in [4.78, 5) is 26.5. The monoisotopic (exact) mass is 445 g/mol. The maximum Gasteiger partial charge on any atom is 0.298 e. The molecule has 5 nitrogen and oxygen atoms in total. The fraction of sp³-hybridized carbons (Fsp3) is 0.0476. The van der Waals surface area contributed by atoms with Gasteiger partial charge in [0, 0.05) is 16.7 Å². The molecular weight excluding hydrogens is 433 g/mol. The van der Waals surface area contributed by atoms with E-state index in [0.29, 0.717) is 38.6 Å². The van der Waals surface area contributed by atoms with Crippen molar-refractivity contribution in [3.8, 4) is 17.1 Å². The van der Waals surface area contributed by atoms with Gasteiger partial charge in [0.2, 0.25) is 0 Å². The van der Waals surface area contributed by atoms with Gasteiger partial charge in [-0.1, -0.05) is 23.2 Å². The molecule has 4 rings (SSSR count). The van der Waals surface area contributed by atoms with Crippen molar-refractivity contribution in [1.82, 2.24) is 0 Å². The zero-order valence-electron chi connectivity index (χ0n) is 15.0. The maximum absolute atomic E-state index is 12.8. The fourth-order valence-electron chi connectivity index (χ4n) is 2.81. The molecule has 3 aromatic rings. The second kappa shape index (κ2) is 7.99. The normalized spacial score (nSPS) is 15.4. The lowest BCUT2D eigenvalue weighted by atomic mass is 10.2. The lowest BCUT2D eigenvalue weighted by molar-refractivity contribution is -0.113. The molecule has 0 saturated carbocycles. The third kappa shape index (κ3) is 3.92. The topological polar surface area (TPSA) is 59.8 Å². The smallest absolute Gasteiger partial charge is 0.298 e. The number of hydrogen-bond donors (Lipinski definition) is 0. The summed E-state index contributed by atoms with van der Waals surface area (Å²) in [5.74, 6) is 1.16. The van der Waals surface area contributed by atoms with Crippen molar-refractivity contribution in [3.05, 3.63) is 75.3 Å². The average Bonchev–Trinajstić information content (AvgIpc) is 3.28. The Morgan fingerprint density at radius 1 is 1.03 bits per heavy atom. The molecule has 0 atom stereocenters.